The van der Waals surface area contributed by atoms with E-state index in [-0.39, 0.29) is 51.9 Å². The van der Waals surface area contributed by atoms with Crippen LogP contribution in [0.2, 0.25) is 5.04 Å². The van der Waals surface area contributed by atoms with Gasteiger partial charge in [0, 0.05) is 25.2 Å². The number of hydrogen-bond acceptors (Lipinski definition) is 11. The Morgan fingerprint density at radius 2 is 1.60 bits per heavy atom. The first-order valence-corrected chi connectivity index (χ1v) is 21.7. The van der Waals surface area contributed by atoms with Crippen LogP contribution in [0.25, 0.3) is 0 Å². The lowest BCUT2D eigenvalue weighted by Gasteiger charge is -2.46. The van der Waals surface area contributed by atoms with Gasteiger partial charge in [0.1, 0.15) is 11.4 Å². The molecule has 0 bridgehead atoms. The molecule has 2 fully saturated rings. The maximum Gasteiger partial charge on any atom is 0.332 e. The van der Waals surface area contributed by atoms with Crippen molar-refractivity contribution in [1.29, 1.82) is 0 Å². The lowest BCUT2D eigenvalue weighted by atomic mass is 9.81. The van der Waals surface area contributed by atoms with E-state index in [0.717, 1.165) is 12.8 Å². The monoisotopic (exact) mass is 759 g/mol. The molecule has 13 nitrogen and oxygen atoms in total. The zero-order chi connectivity index (χ0) is 37.8. The van der Waals surface area contributed by atoms with E-state index >= 15 is 0 Å². The van der Waals surface area contributed by atoms with Crippen molar-refractivity contribution in [3.05, 3.63) is 94.8 Å². The van der Waals surface area contributed by atoms with Crippen LogP contribution < -0.4 is 26.2 Å². The highest BCUT2D eigenvalue weighted by atomic mass is 32.2. The van der Waals surface area contributed by atoms with Gasteiger partial charge in [0.15, 0.2) is 0 Å². The minimum absolute atomic E-state index is 0.0211. The van der Waals surface area contributed by atoms with Gasteiger partial charge in [-0.15, -0.1) is 0 Å². The van der Waals surface area contributed by atoms with E-state index in [9.17, 15) is 18.5 Å². The normalized spacial score (nSPS) is 20.1. The molecule has 2 aromatic heterocycles. The van der Waals surface area contributed by atoms with E-state index in [1.165, 1.54) is 17.5 Å². The van der Waals surface area contributed by atoms with E-state index in [1.54, 1.807) is 22.6 Å². The van der Waals surface area contributed by atoms with E-state index in [2.05, 4.69) is 89.6 Å². The summed E-state index contributed by atoms with van der Waals surface area (Å²) in [6, 6.07) is 24.3. The number of piperidine rings is 1. The Morgan fingerprint density at radius 1 is 0.962 bits per heavy atom. The number of nitrogens with two attached hydrogens (primary N) is 1. The fourth-order valence-electron chi connectivity index (χ4n) is 7.99. The van der Waals surface area contributed by atoms with Crippen molar-refractivity contribution in [2.75, 3.05) is 37.0 Å². The van der Waals surface area contributed by atoms with Crippen molar-refractivity contribution in [3.63, 3.8) is 0 Å². The van der Waals surface area contributed by atoms with Crippen molar-refractivity contribution in [3.8, 4) is 5.88 Å². The molecule has 6 rings (SSSR count). The van der Waals surface area contributed by atoms with Crippen LogP contribution in [0.1, 0.15) is 70.9 Å². The minimum Gasteiger partial charge on any atom is -0.480 e. The van der Waals surface area contributed by atoms with Crippen molar-refractivity contribution in [1.82, 2.24) is 19.3 Å². The molecular formula is C38H49N7O6SSi. The van der Waals surface area contributed by atoms with Crippen LogP contribution in [0.5, 0.6) is 5.88 Å². The summed E-state index contributed by atoms with van der Waals surface area (Å²) in [7, 11) is -4.98. The highest BCUT2D eigenvalue weighted by molar-refractivity contribution is 7.89. The van der Waals surface area contributed by atoms with Gasteiger partial charge >= 0.3 is 5.69 Å². The molecular weight excluding hydrogens is 711 g/mol. The first-order valence-electron chi connectivity index (χ1n) is 18.2. The molecule has 53 heavy (non-hydrogen) atoms. The van der Waals surface area contributed by atoms with Gasteiger partial charge in [-0.05, 0) is 72.0 Å². The maximum atomic E-state index is 14.0. The Kier molecular flexibility index (Phi) is 11.5. The zero-order valence-electron chi connectivity index (χ0n) is 30.8. The number of nitro groups is 1. The Labute approximate surface area is 312 Å². The van der Waals surface area contributed by atoms with Gasteiger partial charge in [0.25, 0.3) is 8.32 Å². The second-order valence-electron chi connectivity index (χ2n) is 15.0. The summed E-state index contributed by atoms with van der Waals surface area (Å²) in [6.07, 6.45) is 5.06. The summed E-state index contributed by atoms with van der Waals surface area (Å²) in [6.45, 7) is 7.46. The molecule has 1 unspecified atom stereocenters. The van der Waals surface area contributed by atoms with E-state index in [0.29, 0.717) is 50.3 Å². The number of hydrogen-bond donors (Lipinski definition) is 2. The van der Waals surface area contributed by atoms with Gasteiger partial charge in [-0.1, -0.05) is 81.4 Å². The fraction of sp³-hybridized carbons (Fsp3) is 0.447. The lowest BCUT2D eigenvalue weighted by Crippen LogP contribution is -2.68. The number of ether oxygens (including phenoxy) is 1. The number of aromatic nitrogens is 3. The summed E-state index contributed by atoms with van der Waals surface area (Å²) in [4.78, 5) is 24.4. The Bertz CT molecular complexity index is 1950. The second-order valence-corrected chi connectivity index (χ2v) is 21.3. The molecule has 1 atom stereocenters. The van der Waals surface area contributed by atoms with Gasteiger partial charge in [-0.3, -0.25) is 10.1 Å². The second kappa shape index (κ2) is 15.9. The number of pyridine rings is 1. The molecule has 0 amide bonds. The zero-order valence-corrected chi connectivity index (χ0v) is 32.6. The summed E-state index contributed by atoms with van der Waals surface area (Å²) in [5, 5.41) is 17.3. The third kappa shape index (κ3) is 8.22. The highest BCUT2D eigenvalue weighted by Crippen LogP contribution is 2.42. The smallest absolute Gasteiger partial charge is 0.332 e. The van der Waals surface area contributed by atoms with E-state index in [1.807, 2.05) is 12.1 Å². The molecule has 1 saturated carbocycles. The largest absolute Gasteiger partial charge is 0.480 e. The molecule has 1 aliphatic carbocycles. The van der Waals surface area contributed by atoms with Crippen LogP contribution in [0, 0.1) is 16.0 Å². The minimum atomic E-state index is -3.61. The standard InChI is InChI=1S/C38H49N7O6SSi/c1-38(2,3)53(30-14-7-5-8-15-30,31-16-9-6-10-17-31)51-29-13-12-24-44(25-29)52(48,49)26-27-19-21-28(22-20-27)33-34(45(46)47)35(39)43-37(42-33)41-32-18-11-23-40-36(32)50-4/h5-11,14-18,23,27-29H,12-13,19-22,24-26H2,1-4H3,(H3,39,41,42,43)/t27-,28-,29?. The lowest BCUT2D eigenvalue weighted by molar-refractivity contribution is -0.385. The van der Waals surface area contributed by atoms with Crippen molar-refractivity contribution >= 4 is 51.9 Å². The molecule has 2 aliphatic rings. The third-order valence-electron chi connectivity index (χ3n) is 10.5. The number of nitrogens with zero attached hydrogens (tertiary/aromatic N) is 5. The topological polar surface area (TPSA) is 176 Å². The summed E-state index contributed by atoms with van der Waals surface area (Å²) in [5.41, 5.74) is 6.53. The summed E-state index contributed by atoms with van der Waals surface area (Å²) >= 11 is 0. The number of anilines is 3. The average Bonchev–Trinajstić information content (AvgIpc) is 3.14. The van der Waals surface area contributed by atoms with Gasteiger partial charge in [0.2, 0.25) is 27.7 Å². The highest BCUT2D eigenvalue weighted by Gasteiger charge is 2.52. The molecule has 4 aromatic rings. The van der Waals surface area contributed by atoms with E-state index < -0.39 is 23.3 Å². The molecule has 1 saturated heterocycles. The van der Waals surface area contributed by atoms with Gasteiger partial charge < -0.3 is 20.2 Å². The van der Waals surface area contributed by atoms with Crippen molar-refractivity contribution in [2.24, 2.45) is 5.92 Å². The van der Waals surface area contributed by atoms with Crippen LogP contribution in [0.15, 0.2) is 79.0 Å². The number of rotatable bonds is 12. The van der Waals surface area contributed by atoms with Crippen molar-refractivity contribution < 1.29 is 22.5 Å². The number of nitrogen functional groups attached to an aromatic ring is 1. The maximum absolute atomic E-state index is 14.0. The fourth-order valence-corrected chi connectivity index (χ4v) is 14.6. The summed E-state index contributed by atoms with van der Waals surface area (Å²) in [5.74, 6) is -0.187. The van der Waals surface area contributed by atoms with Crippen LogP contribution in [0.3, 0.4) is 0 Å². The van der Waals surface area contributed by atoms with Gasteiger partial charge in [-0.2, -0.15) is 9.29 Å². The van der Waals surface area contributed by atoms with Gasteiger partial charge in [-0.25, -0.2) is 18.4 Å². The van der Waals surface area contributed by atoms with Crippen molar-refractivity contribution in [2.45, 2.75) is 76.4 Å². The van der Waals surface area contributed by atoms with Crippen LogP contribution in [-0.4, -0.2) is 73.0 Å². The van der Waals surface area contributed by atoms with Gasteiger partial charge in [0.05, 0.1) is 23.9 Å². The molecule has 0 spiro atoms. The molecule has 0 radical (unpaired) electrons. The van der Waals surface area contributed by atoms with E-state index in [4.69, 9.17) is 14.9 Å². The summed E-state index contributed by atoms with van der Waals surface area (Å²) < 4.78 is 42.4. The molecule has 282 valence electrons. The first kappa shape index (κ1) is 38.3. The number of nitrogens with one attached hydrogen (secondary N) is 1. The van der Waals surface area contributed by atoms with Crippen LogP contribution in [-0.2, 0) is 14.4 Å². The Hall–Kier alpha value is -4.44. The predicted molar refractivity (Wildman–Crippen MR) is 209 cm³/mol. The number of sulfonamides is 1. The molecule has 15 heteroatoms. The SMILES string of the molecule is COc1ncccc1Nc1nc(N)c([N+](=O)[O-])c([C@H]2CC[C@H](CS(=O)(=O)N3CCCC(O[Si](c4ccccc4)(c4ccccc4)C(C)(C)C)C3)CC2)n1. The van der Waals surface area contributed by atoms with Crippen LogP contribution >= 0.6 is 0 Å². The molecule has 3 N–H and O–H groups in total. The Balaban J connectivity index is 1.16. The third-order valence-corrected chi connectivity index (χ3v) is 17.6. The number of methoxy groups -OCH3 is 1. The van der Waals surface area contributed by atoms with Crippen LogP contribution in [0.4, 0.5) is 23.1 Å². The molecule has 2 aromatic carbocycles. The Morgan fingerprint density at radius 3 is 2.19 bits per heavy atom. The molecule has 1 aliphatic heterocycles. The quantitative estimate of drug-likeness (QED) is 0.102. The number of benzene rings is 2. The average molecular weight is 760 g/mol. The predicted octanol–water partition coefficient (Wildman–Crippen LogP) is 5.76. The first-order chi connectivity index (χ1) is 25.3. The molecule has 3 heterocycles.